The third-order valence-corrected chi connectivity index (χ3v) is 10.6. The lowest BCUT2D eigenvalue weighted by Crippen LogP contribution is -1.96. The van der Waals surface area contributed by atoms with Gasteiger partial charge in [-0.1, -0.05) is 152 Å². The number of aromatic nitrogens is 3. The van der Waals surface area contributed by atoms with Gasteiger partial charge < -0.3 is 4.42 Å². The quantitative estimate of drug-likeness (QED) is 0.168. The van der Waals surface area contributed by atoms with E-state index in [1.807, 2.05) is 24.3 Å². The lowest BCUT2D eigenvalue weighted by atomic mass is 9.89. The minimum absolute atomic E-state index is 0.662. The first-order valence-corrected chi connectivity index (χ1v) is 18.5. The van der Waals surface area contributed by atoms with Crippen molar-refractivity contribution < 1.29 is 4.42 Å². The van der Waals surface area contributed by atoms with Gasteiger partial charge in [0.2, 0.25) is 0 Å². The molecule has 256 valence electrons. The van der Waals surface area contributed by atoms with Crippen molar-refractivity contribution in [1.29, 1.82) is 0 Å². The highest BCUT2D eigenvalue weighted by Gasteiger charge is 2.22. The summed E-state index contributed by atoms with van der Waals surface area (Å²) in [7, 11) is 0. The van der Waals surface area contributed by atoms with E-state index in [2.05, 4.69) is 164 Å². The molecular weight excluding hydrogens is 671 g/mol. The summed E-state index contributed by atoms with van der Waals surface area (Å²) in [5.41, 5.74) is 12.8. The highest BCUT2D eigenvalue weighted by Crippen LogP contribution is 2.46. The first kappa shape index (κ1) is 31.1. The number of pyridine rings is 1. The normalized spacial score (nSPS) is 11.6. The number of nitrogens with zero attached hydrogens (tertiary/aromatic N) is 3. The van der Waals surface area contributed by atoms with Crippen LogP contribution in [0.2, 0.25) is 0 Å². The molecule has 3 aromatic heterocycles. The average Bonchev–Trinajstić information content (AvgIpc) is 3.64. The summed E-state index contributed by atoms with van der Waals surface area (Å²) >= 11 is 0. The summed E-state index contributed by atoms with van der Waals surface area (Å²) in [6.45, 7) is 0. The summed E-state index contributed by atoms with van der Waals surface area (Å²) in [6.07, 6.45) is 0. The molecule has 0 saturated carbocycles. The topological polar surface area (TPSA) is 51.8 Å². The molecule has 0 spiro atoms. The van der Waals surface area contributed by atoms with Crippen LogP contribution in [0.5, 0.6) is 0 Å². The summed E-state index contributed by atoms with van der Waals surface area (Å²) in [5, 5.41) is 6.50. The SMILES string of the molecule is c1ccc(-c2cccc(-c3nc(-c4cccc(-c5nc6ccccc6c6c(-c7ccccc7)c7c(cc56)oc5ccccc57)c4)nc4ccccc34)c2)cc1. The van der Waals surface area contributed by atoms with Gasteiger partial charge in [-0.3, -0.25) is 0 Å². The number of furan rings is 1. The van der Waals surface area contributed by atoms with Gasteiger partial charge in [-0.25, -0.2) is 15.0 Å². The van der Waals surface area contributed by atoms with Gasteiger partial charge in [-0.2, -0.15) is 0 Å². The van der Waals surface area contributed by atoms with Crippen molar-refractivity contribution >= 4 is 54.5 Å². The van der Waals surface area contributed by atoms with Crippen molar-refractivity contribution in [3.05, 3.63) is 188 Å². The molecule has 0 aliphatic rings. The maximum absolute atomic E-state index is 6.60. The van der Waals surface area contributed by atoms with E-state index in [1.54, 1.807) is 0 Å². The van der Waals surface area contributed by atoms with Gasteiger partial charge in [0.15, 0.2) is 5.82 Å². The molecule has 8 aromatic carbocycles. The molecule has 11 rings (SSSR count). The van der Waals surface area contributed by atoms with Crippen molar-refractivity contribution in [2.45, 2.75) is 0 Å². The molecule has 0 aliphatic heterocycles. The van der Waals surface area contributed by atoms with E-state index < -0.39 is 0 Å². The van der Waals surface area contributed by atoms with Crippen LogP contribution in [0, 0.1) is 0 Å². The van der Waals surface area contributed by atoms with Crippen LogP contribution in [0.25, 0.3) is 111 Å². The van der Waals surface area contributed by atoms with Crippen LogP contribution in [0.3, 0.4) is 0 Å². The average molecular weight is 702 g/mol. The highest BCUT2D eigenvalue weighted by molar-refractivity contribution is 6.27. The zero-order valence-corrected chi connectivity index (χ0v) is 29.6. The molecule has 11 aromatic rings. The first-order valence-electron chi connectivity index (χ1n) is 18.5. The first-order chi connectivity index (χ1) is 27.3. The van der Waals surface area contributed by atoms with Crippen molar-refractivity contribution in [1.82, 2.24) is 15.0 Å². The third-order valence-electron chi connectivity index (χ3n) is 10.6. The summed E-state index contributed by atoms with van der Waals surface area (Å²) in [6, 6.07) is 65.4. The Morgan fingerprint density at radius 1 is 0.309 bits per heavy atom. The lowest BCUT2D eigenvalue weighted by molar-refractivity contribution is 0.669. The Kier molecular flexibility index (Phi) is 7.14. The molecule has 4 heteroatoms. The van der Waals surface area contributed by atoms with Gasteiger partial charge in [0.25, 0.3) is 0 Å². The third kappa shape index (κ3) is 5.19. The monoisotopic (exact) mass is 701 g/mol. The molecule has 0 fully saturated rings. The lowest BCUT2D eigenvalue weighted by Gasteiger charge is -2.16. The van der Waals surface area contributed by atoms with Gasteiger partial charge in [-0.15, -0.1) is 0 Å². The fraction of sp³-hybridized carbons (Fsp3) is 0. The fourth-order valence-corrected chi connectivity index (χ4v) is 8.14. The van der Waals surface area contributed by atoms with Gasteiger partial charge >= 0.3 is 0 Å². The van der Waals surface area contributed by atoms with Crippen LogP contribution in [0.4, 0.5) is 0 Å². The van der Waals surface area contributed by atoms with Crippen LogP contribution in [0.15, 0.2) is 192 Å². The number of rotatable bonds is 5. The Bertz CT molecular complexity index is 3260. The molecule has 3 heterocycles. The maximum Gasteiger partial charge on any atom is 0.160 e. The van der Waals surface area contributed by atoms with E-state index in [9.17, 15) is 0 Å². The Morgan fingerprint density at radius 3 is 1.62 bits per heavy atom. The molecule has 0 amide bonds. The van der Waals surface area contributed by atoms with Crippen LogP contribution in [0.1, 0.15) is 0 Å². The maximum atomic E-state index is 6.60. The van der Waals surface area contributed by atoms with Gasteiger partial charge in [-0.05, 0) is 53.1 Å². The number of hydrogen-bond donors (Lipinski definition) is 0. The minimum atomic E-state index is 0.662. The van der Waals surface area contributed by atoms with Crippen molar-refractivity contribution in [2.24, 2.45) is 0 Å². The smallest absolute Gasteiger partial charge is 0.160 e. The molecule has 0 radical (unpaired) electrons. The number of hydrogen-bond acceptors (Lipinski definition) is 4. The van der Waals surface area contributed by atoms with Gasteiger partial charge in [0, 0.05) is 54.6 Å². The van der Waals surface area contributed by atoms with E-state index in [0.29, 0.717) is 5.82 Å². The molecule has 0 unspecified atom stereocenters. The molecule has 4 nitrogen and oxygen atoms in total. The van der Waals surface area contributed by atoms with E-state index in [0.717, 1.165) is 99.3 Å². The predicted molar refractivity (Wildman–Crippen MR) is 227 cm³/mol. The fourth-order valence-electron chi connectivity index (χ4n) is 8.14. The highest BCUT2D eigenvalue weighted by atomic mass is 16.3. The summed E-state index contributed by atoms with van der Waals surface area (Å²) < 4.78 is 6.60. The zero-order chi connectivity index (χ0) is 36.3. The number of fused-ring (bicyclic) bond motifs is 7. The van der Waals surface area contributed by atoms with E-state index in [1.165, 1.54) is 5.56 Å². The van der Waals surface area contributed by atoms with Crippen LogP contribution >= 0.6 is 0 Å². The Morgan fingerprint density at radius 2 is 0.855 bits per heavy atom. The molecule has 55 heavy (non-hydrogen) atoms. The Balaban J connectivity index is 1.15. The molecule has 0 N–H and O–H groups in total. The molecule has 0 saturated heterocycles. The standard InChI is InChI=1S/C51H31N3O/c1-3-15-32(16-4-1)34-19-13-20-35(29-34)49-39-24-8-11-27-43(39)53-51(54-49)37-22-14-21-36(30-37)50-41-31-45-48(40-25-9-12-28-44(40)55-45)46(33-17-5-2-6-18-33)47(41)38-23-7-10-26-42(38)52-50/h1-31H. The van der Waals surface area contributed by atoms with Crippen molar-refractivity contribution in [2.75, 3.05) is 0 Å². The molecule has 0 atom stereocenters. The second kappa shape index (κ2) is 12.6. The van der Waals surface area contributed by atoms with Crippen LogP contribution in [-0.4, -0.2) is 15.0 Å². The van der Waals surface area contributed by atoms with Crippen LogP contribution in [-0.2, 0) is 0 Å². The molecule has 0 bridgehead atoms. The largest absolute Gasteiger partial charge is 0.456 e. The van der Waals surface area contributed by atoms with E-state index in [-0.39, 0.29) is 0 Å². The summed E-state index contributed by atoms with van der Waals surface area (Å²) in [5.74, 6) is 0.662. The number of benzene rings is 8. The summed E-state index contributed by atoms with van der Waals surface area (Å²) in [4.78, 5) is 15.8. The molecular formula is C51H31N3O. The second-order valence-corrected chi connectivity index (χ2v) is 13.9. The number of para-hydroxylation sites is 3. The van der Waals surface area contributed by atoms with Crippen LogP contribution < -0.4 is 0 Å². The van der Waals surface area contributed by atoms with Crippen molar-refractivity contribution in [3.8, 4) is 56.2 Å². The predicted octanol–water partition coefficient (Wildman–Crippen LogP) is 13.6. The minimum Gasteiger partial charge on any atom is -0.456 e. The van der Waals surface area contributed by atoms with Crippen molar-refractivity contribution in [3.63, 3.8) is 0 Å². The van der Waals surface area contributed by atoms with E-state index in [4.69, 9.17) is 19.4 Å². The van der Waals surface area contributed by atoms with Gasteiger partial charge in [0.1, 0.15) is 11.2 Å². The Hall–Kier alpha value is -7.43. The zero-order valence-electron chi connectivity index (χ0n) is 29.6. The molecule has 0 aliphatic carbocycles. The van der Waals surface area contributed by atoms with Gasteiger partial charge in [0.05, 0.1) is 22.4 Å². The second-order valence-electron chi connectivity index (χ2n) is 13.9. The Labute approximate surface area is 317 Å². The van der Waals surface area contributed by atoms with E-state index >= 15 is 0 Å².